The number of H-pyrrole nitrogens is 1. The van der Waals surface area contributed by atoms with E-state index in [1.54, 1.807) is 12.4 Å². The molecular weight excluding hydrogens is 323 g/mol. The lowest BCUT2D eigenvalue weighted by Gasteiger charge is -2.06. The van der Waals surface area contributed by atoms with Crippen LogP contribution in [0.15, 0.2) is 29.6 Å². The van der Waals surface area contributed by atoms with Crippen LogP contribution in [-0.2, 0) is 16.4 Å². The number of hydrogen-bond acceptors (Lipinski definition) is 4. The summed E-state index contributed by atoms with van der Waals surface area (Å²) < 4.78 is 26.4. The Balaban J connectivity index is 1.92. The van der Waals surface area contributed by atoms with Gasteiger partial charge in [-0.15, -0.1) is 0 Å². The Hall–Kier alpha value is -1.15. The smallest absolute Gasteiger partial charge is 0.242 e. The largest absolute Gasteiger partial charge is 0.349 e. The molecule has 0 radical (unpaired) electrons. The quantitative estimate of drug-likeness (QED) is 0.624. The Labute approximate surface area is 126 Å². The Kier molecular flexibility index (Phi) is 4.98. The zero-order chi connectivity index (χ0) is 14.6. The number of imidazole rings is 1. The lowest BCUT2D eigenvalue weighted by molar-refractivity contribution is 0.578. The van der Waals surface area contributed by atoms with E-state index in [-0.39, 0.29) is 15.1 Å². The van der Waals surface area contributed by atoms with Gasteiger partial charge in [0, 0.05) is 31.6 Å². The summed E-state index contributed by atoms with van der Waals surface area (Å²) in [6, 6.07) is 1.27. The van der Waals surface area contributed by atoms with Gasteiger partial charge in [0.25, 0.3) is 0 Å². The summed E-state index contributed by atoms with van der Waals surface area (Å²) in [7, 11) is -3.63. The number of pyridine rings is 1. The summed E-state index contributed by atoms with van der Waals surface area (Å²) in [5.41, 5.74) is 0. The highest BCUT2D eigenvalue weighted by atomic mass is 35.5. The van der Waals surface area contributed by atoms with Crippen LogP contribution in [0.1, 0.15) is 12.2 Å². The normalized spacial score (nSPS) is 11.7. The Morgan fingerprint density at radius 1 is 1.30 bits per heavy atom. The lowest BCUT2D eigenvalue weighted by Crippen LogP contribution is -2.25. The van der Waals surface area contributed by atoms with E-state index in [9.17, 15) is 8.42 Å². The molecule has 2 N–H and O–H groups in total. The van der Waals surface area contributed by atoms with Crippen molar-refractivity contribution in [2.24, 2.45) is 0 Å². The molecule has 0 bridgehead atoms. The third-order valence-corrected chi connectivity index (χ3v) is 4.63. The molecule has 0 unspecified atom stereocenters. The van der Waals surface area contributed by atoms with Gasteiger partial charge in [-0.05, 0) is 12.5 Å². The summed E-state index contributed by atoms with van der Waals surface area (Å²) >= 11 is 11.4. The van der Waals surface area contributed by atoms with Gasteiger partial charge in [-0.3, -0.25) is 0 Å². The van der Waals surface area contributed by atoms with Crippen LogP contribution in [0.25, 0.3) is 0 Å². The van der Waals surface area contributed by atoms with Crippen molar-refractivity contribution in [3.63, 3.8) is 0 Å². The maximum atomic E-state index is 12.0. The van der Waals surface area contributed by atoms with Gasteiger partial charge in [-0.25, -0.2) is 23.1 Å². The zero-order valence-corrected chi connectivity index (χ0v) is 12.6. The highest BCUT2D eigenvalue weighted by Gasteiger charge is 2.15. The molecule has 2 heterocycles. The van der Waals surface area contributed by atoms with E-state index in [0.717, 1.165) is 5.82 Å². The van der Waals surface area contributed by atoms with E-state index < -0.39 is 10.0 Å². The fourth-order valence-electron chi connectivity index (χ4n) is 1.53. The first kappa shape index (κ1) is 15.2. The number of halogens is 2. The first-order valence-electron chi connectivity index (χ1n) is 5.78. The number of nitrogens with zero attached hydrogens (tertiary/aromatic N) is 2. The molecule has 20 heavy (non-hydrogen) atoms. The number of sulfonamides is 1. The highest BCUT2D eigenvalue weighted by Crippen LogP contribution is 2.21. The van der Waals surface area contributed by atoms with Crippen LogP contribution in [-0.4, -0.2) is 29.9 Å². The molecule has 0 saturated heterocycles. The SMILES string of the molecule is O=S(=O)(NCCCc1ncc[nH]1)c1cnc(Cl)c(Cl)c1. The highest BCUT2D eigenvalue weighted by molar-refractivity contribution is 7.89. The van der Waals surface area contributed by atoms with Crippen LogP contribution in [0.5, 0.6) is 0 Å². The van der Waals surface area contributed by atoms with E-state index >= 15 is 0 Å². The second-order valence-electron chi connectivity index (χ2n) is 3.98. The third-order valence-electron chi connectivity index (χ3n) is 2.52. The van der Waals surface area contributed by atoms with Crippen molar-refractivity contribution in [3.8, 4) is 0 Å². The van der Waals surface area contributed by atoms with Crippen molar-refractivity contribution in [1.82, 2.24) is 19.7 Å². The number of aryl methyl sites for hydroxylation is 1. The summed E-state index contributed by atoms with van der Waals surface area (Å²) in [5, 5.41) is 0.175. The van der Waals surface area contributed by atoms with Crippen molar-refractivity contribution in [1.29, 1.82) is 0 Å². The minimum atomic E-state index is -3.63. The van der Waals surface area contributed by atoms with Crippen LogP contribution in [0, 0.1) is 0 Å². The van der Waals surface area contributed by atoms with E-state index in [4.69, 9.17) is 23.2 Å². The van der Waals surface area contributed by atoms with Gasteiger partial charge in [0.2, 0.25) is 10.0 Å². The molecule has 0 aliphatic rings. The van der Waals surface area contributed by atoms with Gasteiger partial charge in [-0.2, -0.15) is 0 Å². The minimum Gasteiger partial charge on any atom is -0.349 e. The standard InChI is InChI=1S/C11H12Cl2N4O2S/c12-9-6-8(7-16-11(9)13)20(18,19)17-3-1-2-10-14-4-5-15-10/h4-7,17H,1-3H2,(H,14,15). The zero-order valence-electron chi connectivity index (χ0n) is 10.3. The average molecular weight is 335 g/mol. The van der Waals surface area contributed by atoms with Gasteiger partial charge in [0.1, 0.15) is 15.9 Å². The molecule has 0 saturated carbocycles. The van der Waals surface area contributed by atoms with E-state index in [1.165, 1.54) is 12.3 Å². The summed E-state index contributed by atoms with van der Waals surface area (Å²) in [6.07, 6.45) is 5.83. The Morgan fingerprint density at radius 2 is 2.10 bits per heavy atom. The second-order valence-corrected chi connectivity index (χ2v) is 6.51. The topological polar surface area (TPSA) is 87.7 Å². The number of hydrogen-bond donors (Lipinski definition) is 2. The first-order chi connectivity index (χ1) is 9.49. The Morgan fingerprint density at radius 3 is 2.75 bits per heavy atom. The molecule has 0 atom stereocenters. The van der Waals surface area contributed by atoms with Crippen LogP contribution >= 0.6 is 23.2 Å². The lowest BCUT2D eigenvalue weighted by atomic mass is 10.3. The molecule has 0 aliphatic heterocycles. The summed E-state index contributed by atoms with van der Waals surface area (Å²) in [4.78, 5) is 10.7. The van der Waals surface area contributed by atoms with Crippen molar-refractivity contribution < 1.29 is 8.42 Å². The predicted octanol–water partition coefficient (Wildman–Crippen LogP) is 2.02. The summed E-state index contributed by atoms with van der Waals surface area (Å²) in [5.74, 6) is 0.820. The number of nitrogens with one attached hydrogen (secondary N) is 2. The molecule has 108 valence electrons. The molecule has 0 spiro atoms. The van der Waals surface area contributed by atoms with E-state index in [1.807, 2.05) is 0 Å². The van der Waals surface area contributed by atoms with E-state index in [2.05, 4.69) is 19.7 Å². The molecule has 0 fully saturated rings. The number of aromatic amines is 1. The molecule has 2 aromatic heterocycles. The molecule has 2 rings (SSSR count). The maximum absolute atomic E-state index is 12.0. The molecule has 0 aromatic carbocycles. The minimum absolute atomic E-state index is 0.00935. The maximum Gasteiger partial charge on any atom is 0.242 e. The molecule has 6 nitrogen and oxygen atoms in total. The number of rotatable bonds is 6. The van der Waals surface area contributed by atoms with Gasteiger partial charge in [0.15, 0.2) is 0 Å². The van der Waals surface area contributed by atoms with Crippen molar-refractivity contribution in [2.75, 3.05) is 6.54 Å². The molecule has 9 heteroatoms. The molecule has 0 aliphatic carbocycles. The van der Waals surface area contributed by atoms with Gasteiger partial charge >= 0.3 is 0 Å². The van der Waals surface area contributed by atoms with Crippen LogP contribution < -0.4 is 4.72 Å². The van der Waals surface area contributed by atoms with E-state index in [0.29, 0.717) is 19.4 Å². The van der Waals surface area contributed by atoms with Crippen molar-refractivity contribution in [3.05, 3.63) is 40.7 Å². The van der Waals surface area contributed by atoms with Gasteiger partial charge < -0.3 is 4.98 Å². The van der Waals surface area contributed by atoms with Crippen LogP contribution in [0.2, 0.25) is 10.2 Å². The second kappa shape index (κ2) is 6.53. The fourth-order valence-corrected chi connectivity index (χ4v) is 2.91. The first-order valence-corrected chi connectivity index (χ1v) is 8.02. The molecular formula is C11H12Cl2N4O2S. The van der Waals surface area contributed by atoms with Gasteiger partial charge in [0.05, 0.1) is 5.02 Å². The Bertz CT molecular complexity index is 674. The van der Waals surface area contributed by atoms with Gasteiger partial charge in [-0.1, -0.05) is 23.2 Å². The van der Waals surface area contributed by atoms with Crippen molar-refractivity contribution in [2.45, 2.75) is 17.7 Å². The predicted molar refractivity (Wildman–Crippen MR) is 76.4 cm³/mol. The van der Waals surface area contributed by atoms with Crippen LogP contribution in [0.4, 0.5) is 0 Å². The van der Waals surface area contributed by atoms with Crippen LogP contribution in [0.3, 0.4) is 0 Å². The molecule has 0 amide bonds. The monoisotopic (exact) mass is 334 g/mol. The fraction of sp³-hybridized carbons (Fsp3) is 0.273. The number of aromatic nitrogens is 3. The average Bonchev–Trinajstić information content (AvgIpc) is 2.91. The summed E-state index contributed by atoms with van der Waals surface area (Å²) in [6.45, 7) is 0.295. The van der Waals surface area contributed by atoms with Crippen molar-refractivity contribution >= 4 is 33.2 Å². The molecule has 2 aromatic rings. The third kappa shape index (κ3) is 3.92.